The first kappa shape index (κ1) is 16.4. The van der Waals surface area contributed by atoms with Gasteiger partial charge in [-0.15, -0.1) is 21.5 Å². The number of carbonyl (C=O) groups is 1. The molecule has 3 atom stereocenters. The lowest BCUT2D eigenvalue weighted by Crippen LogP contribution is -2.35. The lowest BCUT2D eigenvalue weighted by atomic mass is 10.1. The Morgan fingerprint density at radius 2 is 2.30 bits per heavy atom. The fourth-order valence-corrected chi connectivity index (χ4v) is 3.93. The quantitative estimate of drug-likeness (QED) is 0.842. The van der Waals surface area contributed by atoms with Gasteiger partial charge in [-0.2, -0.15) is 0 Å². The van der Waals surface area contributed by atoms with E-state index in [2.05, 4.69) is 10.2 Å². The van der Waals surface area contributed by atoms with Crippen molar-refractivity contribution in [2.75, 3.05) is 13.7 Å². The summed E-state index contributed by atoms with van der Waals surface area (Å²) in [4.78, 5) is 15.7. The molecule has 0 aromatic carbocycles. The molecule has 2 aromatic rings. The second-order valence-corrected chi connectivity index (χ2v) is 7.37. The van der Waals surface area contributed by atoms with Crippen molar-refractivity contribution in [1.82, 2.24) is 15.1 Å². The van der Waals surface area contributed by atoms with Gasteiger partial charge in [0.1, 0.15) is 6.04 Å². The topological polar surface area (TPSA) is 68.5 Å². The van der Waals surface area contributed by atoms with Gasteiger partial charge in [0.05, 0.1) is 16.4 Å². The number of thiophene rings is 1. The predicted octanol–water partition coefficient (Wildman–Crippen LogP) is 3.19. The van der Waals surface area contributed by atoms with E-state index in [4.69, 9.17) is 20.8 Å². The van der Waals surface area contributed by atoms with Gasteiger partial charge < -0.3 is 14.1 Å². The summed E-state index contributed by atoms with van der Waals surface area (Å²) in [5.74, 6) is 0.705. The van der Waals surface area contributed by atoms with Gasteiger partial charge in [0, 0.05) is 31.9 Å². The lowest BCUT2D eigenvalue weighted by Gasteiger charge is -2.24. The van der Waals surface area contributed by atoms with E-state index >= 15 is 0 Å². The van der Waals surface area contributed by atoms with E-state index in [0.717, 1.165) is 4.88 Å². The number of aromatic nitrogens is 2. The van der Waals surface area contributed by atoms with Crippen LogP contribution in [0.25, 0.3) is 0 Å². The molecule has 6 nitrogen and oxygen atoms in total. The molecule has 3 heterocycles. The first-order chi connectivity index (χ1) is 11.0. The zero-order valence-electron chi connectivity index (χ0n) is 13.2. The van der Waals surface area contributed by atoms with Gasteiger partial charge >= 0.3 is 0 Å². The zero-order chi connectivity index (χ0) is 16.6. The highest BCUT2D eigenvalue weighted by molar-refractivity contribution is 7.16. The summed E-state index contributed by atoms with van der Waals surface area (Å²) in [5.41, 5.74) is 0. The molecule has 0 radical (unpaired) electrons. The summed E-state index contributed by atoms with van der Waals surface area (Å²) in [7, 11) is 1.65. The fraction of sp³-hybridized carbons (Fsp3) is 0.533. The lowest BCUT2D eigenvalue weighted by molar-refractivity contribution is -0.134. The molecule has 0 N–H and O–H groups in total. The molecule has 0 aliphatic carbocycles. The van der Waals surface area contributed by atoms with Crippen molar-refractivity contribution in [3.63, 3.8) is 0 Å². The molecule has 1 saturated heterocycles. The Balaban J connectivity index is 1.84. The molecule has 8 heteroatoms. The van der Waals surface area contributed by atoms with E-state index in [9.17, 15) is 4.79 Å². The van der Waals surface area contributed by atoms with Crippen molar-refractivity contribution in [2.45, 2.75) is 38.3 Å². The van der Waals surface area contributed by atoms with Gasteiger partial charge in [0.15, 0.2) is 0 Å². The third kappa shape index (κ3) is 3.27. The van der Waals surface area contributed by atoms with E-state index in [1.807, 2.05) is 19.1 Å². The molecule has 0 saturated carbocycles. The Hall–Kier alpha value is -1.44. The maximum atomic E-state index is 13.0. The molecule has 23 heavy (non-hydrogen) atoms. The number of carbonyl (C=O) groups excluding carboxylic acids is 1. The average molecular weight is 356 g/mol. The van der Waals surface area contributed by atoms with Gasteiger partial charge in [0.2, 0.25) is 17.7 Å². The van der Waals surface area contributed by atoms with Crippen LogP contribution < -0.4 is 0 Å². The van der Waals surface area contributed by atoms with Crippen LogP contribution in [0.15, 0.2) is 16.5 Å². The largest absolute Gasteiger partial charge is 0.423 e. The molecule has 3 rings (SSSR count). The van der Waals surface area contributed by atoms with Gasteiger partial charge in [-0.05, 0) is 19.1 Å². The fourth-order valence-electron chi connectivity index (χ4n) is 2.82. The smallest absolute Gasteiger partial charge is 0.239 e. The second kappa shape index (κ2) is 6.59. The number of nitrogens with zero attached hydrogens (tertiary/aromatic N) is 3. The van der Waals surface area contributed by atoms with E-state index in [0.29, 0.717) is 29.1 Å². The maximum Gasteiger partial charge on any atom is 0.239 e. The van der Waals surface area contributed by atoms with E-state index < -0.39 is 0 Å². The minimum atomic E-state index is -0.269. The van der Waals surface area contributed by atoms with Crippen molar-refractivity contribution < 1.29 is 13.9 Å². The average Bonchev–Trinajstić information content (AvgIpc) is 3.24. The first-order valence-electron chi connectivity index (χ1n) is 7.38. The Bertz CT molecular complexity index is 702. The molecule has 1 aliphatic heterocycles. The number of hydrogen-bond donors (Lipinski definition) is 0. The van der Waals surface area contributed by atoms with Crippen LogP contribution in [0.2, 0.25) is 4.34 Å². The molecule has 1 unspecified atom stereocenters. The normalized spacial score (nSPS) is 22.5. The van der Waals surface area contributed by atoms with Crippen molar-refractivity contribution >= 4 is 28.8 Å². The highest BCUT2D eigenvalue weighted by Crippen LogP contribution is 2.36. The van der Waals surface area contributed by atoms with Crippen LogP contribution in [0.3, 0.4) is 0 Å². The summed E-state index contributed by atoms with van der Waals surface area (Å²) in [5, 5.41) is 7.95. The van der Waals surface area contributed by atoms with E-state index in [1.165, 1.54) is 11.3 Å². The number of amides is 1. The minimum absolute atomic E-state index is 0.0175. The third-order valence-corrected chi connectivity index (χ3v) is 5.51. The van der Waals surface area contributed by atoms with Crippen LogP contribution in [0.5, 0.6) is 0 Å². The number of ether oxygens (including phenoxy) is 1. The number of likely N-dealkylation sites (tertiary alicyclic amines) is 1. The van der Waals surface area contributed by atoms with E-state index in [-0.39, 0.29) is 24.0 Å². The van der Waals surface area contributed by atoms with Crippen LogP contribution in [-0.4, -0.2) is 40.8 Å². The minimum Gasteiger partial charge on any atom is -0.423 e. The molecular formula is C15H18ClN3O3S. The monoisotopic (exact) mass is 355 g/mol. The molecule has 0 spiro atoms. The standard InChI is InChI=1S/C15H18ClN3O3S/c1-8(12-4-5-13(16)23-12)15(20)19-7-10(21-3)6-11(19)14-18-17-9(2)22-14/h4-5,8,10-11H,6-7H2,1-3H3/t8?,10-,11-/m1/s1. The zero-order valence-corrected chi connectivity index (χ0v) is 14.7. The van der Waals surface area contributed by atoms with Crippen LogP contribution in [-0.2, 0) is 9.53 Å². The van der Waals surface area contributed by atoms with Gasteiger partial charge in [0.25, 0.3) is 0 Å². The predicted molar refractivity (Wildman–Crippen MR) is 86.6 cm³/mol. The van der Waals surface area contributed by atoms with Gasteiger partial charge in [-0.3, -0.25) is 4.79 Å². The summed E-state index contributed by atoms with van der Waals surface area (Å²) < 4.78 is 11.7. The molecule has 2 aromatic heterocycles. The molecular weight excluding hydrogens is 338 g/mol. The highest BCUT2D eigenvalue weighted by atomic mass is 35.5. The van der Waals surface area contributed by atoms with E-state index in [1.54, 1.807) is 18.9 Å². The van der Waals surface area contributed by atoms with Crippen LogP contribution >= 0.6 is 22.9 Å². The molecule has 1 amide bonds. The molecule has 1 fully saturated rings. The molecule has 1 aliphatic rings. The molecule has 0 bridgehead atoms. The van der Waals surface area contributed by atoms with Gasteiger partial charge in [-0.25, -0.2) is 0 Å². The summed E-state index contributed by atoms with van der Waals surface area (Å²) >= 11 is 7.41. The highest BCUT2D eigenvalue weighted by Gasteiger charge is 2.41. The number of methoxy groups -OCH3 is 1. The Labute approximate surface area is 143 Å². The van der Waals surface area contributed by atoms with Crippen molar-refractivity contribution in [3.05, 3.63) is 33.1 Å². The maximum absolute atomic E-state index is 13.0. The first-order valence-corrected chi connectivity index (χ1v) is 8.57. The van der Waals surface area contributed by atoms with Crippen molar-refractivity contribution in [2.24, 2.45) is 0 Å². The van der Waals surface area contributed by atoms with Crippen LogP contribution in [0, 0.1) is 6.92 Å². The van der Waals surface area contributed by atoms with Crippen LogP contribution in [0.1, 0.15) is 42.0 Å². The summed E-state index contributed by atoms with van der Waals surface area (Å²) in [6, 6.07) is 3.46. The second-order valence-electron chi connectivity index (χ2n) is 5.62. The Morgan fingerprint density at radius 3 is 2.87 bits per heavy atom. The summed E-state index contributed by atoms with van der Waals surface area (Å²) in [6.45, 7) is 4.15. The number of rotatable bonds is 4. The number of halogens is 1. The Morgan fingerprint density at radius 1 is 1.52 bits per heavy atom. The van der Waals surface area contributed by atoms with Crippen molar-refractivity contribution in [1.29, 1.82) is 0 Å². The SMILES string of the molecule is CO[C@@H]1C[C@H](c2nnc(C)o2)N(C(=O)C(C)c2ccc(Cl)s2)C1. The number of aryl methyl sites for hydroxylation is 1. The Kier molecular flexibility index (Phi) is 4.70. The van der Waals surface area contributed by atoms with Crippen LogP contribution in [0.4, 0.5) is 0 Å². The summed E-state index contributed by atoms with van der Waals surface area (Å²) in [6.07, 6.45) is 0.622. The molecule has 124 valence electrons. The van der Waals surface area contributed by atoms with Gasteiger partial charge in [-0.1, -0.05) is 11.6 Å². The number of hydrogen-bond acceptors (Lipinski definition) is 6. The third-order valence-electron chi connectivity index (χ3n) is 4.10. The van der Waals surface area contributed by atoms with Crippen molar-refractivity contribution in [3.8, 4) is 0 Å².